The van der Waals surface area contributed by atoms with E-state index < -0.39 is 83.4 Å². The van der Waals surface area contributed by atoms with Crippen molar-refractivity contribution in [3.8, 4) is 11.1 Å². The van der Waals surface area contributed by atoms with E-state index in [1.54, 1.807) is 6.21 Å². The molecule has 6 aromatic carbocycles. The molecule has 2 heterocycles. The number of nitrogens with zero attached hydrogens (tertiary/aromatic N) is 2. The van der Waals surface area contributed by atoms with E-state index in [2.05, 4.69) is 4.99 Å². The molecule has 4 nitrogen and oxygen atoms in total. The summed E-state index contributed by atoms with van der Waals surface area (Å²) in [6.45, 7) is 0. The molecule has 0 fully saturated rings. The van der Waals surface area contributed by atoms with Gasteiger partial charge >= 0.3 is 0 Å². The zero-order chi connectivity index (χ0) is 39.0. The molecule has 0 aliphatic rings. The molecule has 5 heteroatoms. The summed E-state index contributed by atoms with van der Waals surface area (Å²) in [4.78, 5) is 9.29. The summed E-state index contributed by atoms with van der Waals surface area (Å²) in [7, 11) is 0. The molecule has 0 unspecified atom stereocenters. The number of furan rings is 1. The van der Waals surface area contributed by atoms with Gasteiger partial charge in [-0.3, -0.25) is 5.41 Å². The van der Waals surface area contributed by atoms with Crippen LogP contribution in [0.25, 0.3) is 53.2 Å². The molecule has 0 saturated carbocycles. The van der Waals surface area contributed by atoms with Gasteiger partial charge in [0.1, 0.15) is 11.2 Å². The van der Waals surface area contributed by atoms with Gasteiger partial charge in [0, 0.05) is 48.3 Å². The Labute approximate surface area is 273 Å². The first-order chi connectivity index (χ1) is 26.3. The van der Waals surface area contributed by atoms with Crippen LogP contribution < -0.4 is 0 Å². The molecule has 0 saturated heterocycles. The molecule has 0 spiro atoms. The molecule has 0 atom stereocenters. The van der Waals surface area contributed by atoms with Crippen LogP contribution in [0.5, 0.6) is 0 Å². The first-order valence-electron chi connectivity index (χ1n) is 19.0. The number of nitrogens with one attached hydrogen (secondary N) is 1. The predicted molar refractivity (Wildman–Crippen MR) is 186 cm³/mol. The van der Waals surface area contributed by atoms with Crippen molar-refractivity contribution in [1.29, 1.82) is 5.41 Å². The fraction of sp³-hybridized carbons (Fsp3) is 0. The second-order valence-electron chi connectivity index (χ2n) is 9.74. The third-order valence-electron chi connectivity index (χ3n) is 7.00. The molecule has 0 aliphatic heterocycles. The van der Waals surface area contributed by atoms with Crippen molar-refractivity contribution in [2.75, 3.05) is 0 Å². The SMILES string of the molecule is [2H]c1c([2H])c([2H])c(-c2c([2H])c([2H])c3oc4c([2H])c([2H])c(C(=N)N=C(N=Cc5ccccc5)c5cccc6c5sc5ccccc56)c([2H])c4c3c2[2H])c([2H])c1[2H]. The lowest BCUT2D eigenvalue weighted by Crippen LogP contribution is -2.05. The number of rotatable bonds is 4. The zero-order valence-corrected chi connectivity index (χ0v) is 23.5. The lowest BCUT2D eigenvalue weighted by Gasteiger charge is -2.06. The van der Waals surface area contributed by atoms with E-state index in [4.69, 9.17) is 21.7 Å². The van der Waals surface area contributed by atoms with Gasteiger partial charge in [-0.1, -0.05) is 96.9 Å². The summed E-state index contributed by atoms with van der Waals surface area (Å²) in [6, 6.07) is 15.9. The van der Waals surface area contributed by atoms with E-state index in [-0.39, 0.29) is 33.3 Å². The van der Waals surface area contributed by atoms with Gasteiger partial charge in [-0.05, 0) is 59.0 Å². The minimum atomic E-state index is -0.697. The van der Waals surface area contributed by atoms with Crippen LogP contribution in [0.1, 0.15) is 31.8 Å². The Morgan fingerprint density at radius 1 is 0.705 bits per heavy atom. The summed E-state index contributed by atoms with van der Waals surface area (Å²) in [5, 5.41) is 10.7. The largest absolute Gasteiger partial charge is 0.456 e. The molecule has 2 aromatic heterocycles. The normalized spacial score (nSPS) is 15.7. The first-order valence-corrected chi connectivity index (χ1v) is 14.3. The number of fused-ring (bicyclic) bond motifs is 6. The van der Waals surface area contributed by atoms with E-state index >= 15 is 0 Å². The highest BCUT2D eigenvalue weighted by atomic mass is 32.1. The number of hydrogen-bond acceptors (Lipinski definition) is 3. The van der Waals surface area contributed by atoms with Gasteiger partial charge in [0.2, 0.25) is 0 Å². The summed E-state index contributed by atoms with van der Waals surface area (Å²) < 4.78 is 103. The highest BCUT2D eigenvalue weighted by molar-refractivity contribution is 7.26. The minimum Gasteiger partial charge on any atom is -0.456 e. The molecule has 208 valence electrons. The van der Waals surface area contributed by atoms with Crippen LogP contribution in [-0.4, -0.2) is 17.9 Å². The monoisotopic (exact) mass is 594 g/mol. The Hall–Kier alpha value is -5.65. The summed E-state index contributed by atoms with van der Waals surface area (Å²) in [5.41, 5.74) is -0.683. The second-order valence-corrected chi connectivity index (χ2v) is 10.8. The lowest BCUT2D eigenvalue weighted by atomic mass is 10.0. The predicted octanol–water partition coefficient (Wildman–Crippen LogP) is 10.5. The van der Waals surface area contributed by atoms with Crippen molar-refractivity contribution in [1.82, 2.24) is 0 Å². The average molecular weight is 595 g/mol. The number of aliphatic imine (C=N–C) groups is 2. The molecular weight excluding hydrogens is 559 g/mol. The Bertz CT molecular complexity index is 3000. The summed E-state index contributed by atoms with van der Waals surface area (Å²) >= 11 is 1.53. The maximum absolute atomic E-state index is 9.31. The summed E-state index contributed by atoms with van der Waals surface area (Å²) in [5.74, 6) is -0.482. The number of benzene rings is 6. The van der Waals surface area contributed by atoms with Crippen molar-refractivity contribution in [3.05, 3.63) is 156 Å². The fourth-order valence-corrected chi connectivity index (χ4v) is 6.15. The standard InChI is InChI=1S/C39H25N3OS/c40-38(28-19-21-35-33(23-28)32-22-27(18-20-34(32)43-35)26-12-5-2-6-13-26)42-39(41-24-25-10-3-1-4-11-25)31-16-9-15-30-29-14-7-8-17-36(29)44-37(30)31/h1-24,40H/i2D,5D,6D,12D,13D,18D,19D,20D,21D,22D,23D. The Morgan fingerprint density at radius 2 is 1.45 bits per heavy atom. The van der Waals surface area contributed by atoms with Gasteiger partial charge in [-0.25, -0.2) is 9.98 Å². The van der Waals surface area contributed by atoms with Gasteiger partial charge in [0.15, 0.2) is 11.7 Å². The topological polar surface area (TPSA) is 61.7 Å². The van der Waals surface area contributed by atoms with Crippen LogP contribution in [0.3, 0.4) is 0 Å². The molecule has 44 heavy (non-hydrogen) atoms. The Kier molecular flexibility index (Phi) is 4.17. The number of thiophene rings is 1. The Balaban J connectivity index is 1.39. The molecule has 0 amide bonds. The molecule has 8 aromatic rings. The van der Waals surface area contributed by atoms with Gasteiger partial charge < -0.3 is 4.42 Å². The quantitative estimate of drug-likeness (QED) is 0.160. The first kappa shape index (κ1) is 16.8. The Morgan fingerprint density at radius 3 is 2.32 bits per heavy atom. The van der Waals surface area contributed by atoms with E-state index in [0.29, 0.717) is 5.56 Å². The van der Waals surface area contributed by atoms with Crippen molar-refractivity contribution < 1.29 is 19.5 Å². The fourth-order valence-electron chi connectivity index (χ4n) is 4.93. The second kappa shape index (κ2) is 10.9. The van der Waals surface area contributed by atoms with E-state index in [9.17, 15) is 8.15 Å². The van der Waals surface area contributed by atoms with E-state index in [1.807, 2.05) is 72.8 Å². The van der Waals surface area contributed by atoms with Gasteiger partial charge in [-0.2, -0.15) is 0 Å². The van der Waals surface area contributed by atoms with Crippen molar-refractivity contribution in [3.63, 3.8) is 0 Å². The molecular formula is C39H25N3OS. The van der Waals surface area contributed by atoms with Crippen LogP contribution in [0.15, 0.2) is 154 Å². The molecule has 0 aliphatic carbocycles. The van der Waals surface area contributed by atoms with E-state index in [1.165, 1.54) is 11.3 Å². The number of hydrogen-bond donors (Lipinski definition) is 1. The average Bonchev–Trinajstić information content (AvgIpc) is 3.78. The van der Waals surface area contributed by atoms with Crippen LogP contribution in [0.4, 0.5) is 0 Å². The van der Waals surface area contributed by atoms with Crippen molar-refractivity contribution >= 4 is 71.3 Å². The van der Waals surface area contributed by atoms with Crippen LogP contribution in [0, 0.1) is 5.41 Å². The van der Waals surface area contributed by atoms with Gasteiger partial charge in [0.05, 0.1) is 15.1 Å². The molecule has 8 rings (SSSR count). The highest BCUT2D eigenvalue weighted by Gasteiger charge is 2.15. The smallest absolute Gasteiger partial charge is 0.163 e. The van der Waals surface area contributed by atoms with Crippen molar-refractivity contribution in [2.24, 2.45) is 9.98 Å². The van der Waals surface area contributed by atoms with Gasteiger partial charge in [-0.15, -0.1) is 11.3 Å². The molecule has 1 N–H and O–H groups in total. The third kappa shape index (κ3) is 4.70. The summed E-state index contributed by atoms with van der Waals surface area (Å²) in [6.07, 6.45) is 1.59. The molecule has 0 bridgehead atoms. The van der Waals surface area contributed by atoms with Crippen LogP contribution >= 0.6 is 11.3 Å². The zero-order valence-electron chi connectivity index (χ0n) is 33.7. The molecule has 0 radical (unpaired) electrons. The van der Waals surface area contributed by atoms with E-state index in [0.717, 1.165) is 25.7 Å². The van der Waals surface area contributed by atoms with Crippen molar-refractivity contribution in [2.45, 2.75) is 0 Å². The maximum Gasteiger partial charge on any atom is 0.163 e. The van der Waals surface area contributed by atoms with Crippen LogP contribution in [0.2, 0.25) is 0 Å². The maximum atomic E-state index is 9.31. The number of amidine groups is 2. The highest BCUT2D eigenvalue weighted by Crippen LogP contribution is 2.37. The van der Waals surface area contributed by atoms with Crippen LogP contribution in [-0.2, 0) is 0 Å². The lowest BCUT2D eigenvalue weighted by molar-refractivity contribution is 0.669. The third-order valence-corrected chi connectivity index (χ3v) is 8.22. The van der Waals surface area contributed by atoms with Gasteiger partial charge in [0.25, 0.3) is 0 Å². The minimum absolute atomic E-state index is 0.102.